The van der Waals surface area contributed by atoms with E-state index >= 15 is 0 Å². The summed E-state index contributed by atoms with van der Waals surface area (Å²) in [7, 11) is 1.80. The fraction of sp³-hybridized carbons (Fsp3) is 0.538. The van der Waals surface area contributed by atoms with Crippen LogP contribution in [0.4, 0.5) is 0 Å². The zero-order chi connectivity index (χ0) is 12.8. The Bertz CT molecular complexity index is 375. The van der Waals surface area contributed by atoms with Crippen molar-refractivity contribution in [1.29, 1.82) is 0 Å². The molecule has 2 N–H and O–H groups in total. The average molecular weight is 235 g/mol. The number of amides is 1. The zero-order valence-electron chi connectivity index (χ0n) is 10.8. The van der Waals surface area contributed by atoms with Gasteiger partial charge in [0.25, 0.3) is 0 Å². The molecule has 1 aromatic heterocycles. The van der Waals surface area contributed by atoms with E-state index in [1.165, 1.54) is 0 Å². The first-order valence-corrected chi connectivity index (χ1v) is 5.96. The molecule has 1 atom stereocenters. The first kappa shape index (κ1) is 13.6. The fourth-order valence-electron chi connectivity index (χ4n) is 1.76. The van der Waals surface area contributed by atoms with Crippen molar-refractivity contribution in [2.45, 2.75) is 26.8 Å². The van der Waals surface area contributed by atoms with E-state index in [-0.39, 0.29) is 11.8 Å². The van der Waals surface area contributed by atoms with Crippen LogP contribution in [0.3, 0.4) is 0 Å². The van der Waals surface area contributed by atoms with Crippen LogP contribution in [0.15, 0.2) is 18.2 Å². The number of carbonyl (C=O) groups is 1. The summed E-state index contributed by atoms with van der Waals surface area (Å²) in [6.45, 7) is 4.87. The second-order valence-electron chi connectivity index (χ2n) is 4.31. The minimum Gasteiger partial charge on any atom is -0.340 e. The van der Waals surface area contributed by atoms with Crippen LogP contribution in [0.1, 0.15) is 24.7 Å². The van der Waals surface area contributed by atoms with Crippen LogP contribution >= 0.6 is 0 Å². The Morgan fingerprint density at radius 3 is 2.76 bits per heavy atom. The Kier molecular flexibility index (Phi) is 5.10. The molecule has 0 aliphatic carbocycles. The molecular formula is C13H21N3O. The number of hydrogen-bond donors (Lipinski definition) is 1. The normalized spacial score (nSPS) is 12.2. The maximum Gasteiger partial charge on any atom is 0.227 e. The number of hydrogen-bond acceptors (Lipinski definition) is 3. The Morgan fingerprint density at radius 1 is 1.53 bits per heavy atom. The van der Waals surface area contributed by atoms with Gasteiger partial charge >= 0.3 is 0 Å². The van der Waals surface area contributed by atoms with Gasteiger partial charge in [-0.1, -0.05) is 13.0 Å². The number of nitrogens with zero attached hydrogens (tertiary/aromatic N) is 2. The van der Waals surface area contributed by atoms with Crippen LogP contribution in [0, 0.1) is 12.8 Å². The van der Waals surface area contributed by atoms with Gasteiger partial charge in [0.05, 0.1) is 18.2 Å². The van der Waals surface area contributed by atoms with Gasteiger partial charge in [0, 0.05) is 19.3 Å². The standard InChI is InChI=1S/C13H21N3O/c1-4-11(8-14)13(17)16(3)9-12-7-5-6-10(2)15-12/h5-7,11H,4,8-9,14H2,1-3H3. The number of pyridine rings is 1. The van der Waals surface area contributed by atoms with Crippen molar-refractivity contribution >= 4 is 5.91 Å². The maximum absolute atomic E-state index is 12.0. The molecule has 0 radical (unpaired) electrons. The number of aryl methyl sites for hydroxylation is 1. The summed E-state index contributed by atoms with van der Waals surface area (Å²) in [4.78, 5) is 18.1. The van der Waals surface area contributed by atoms with Crippen LogP contribution in [0.5, 0.6) is 0 Å². The summed E-state index contributed by atoms with van der Waals surface area (Å²) in [5, 5.41) is 0. The van der Waals surface area contributed by atoms with Gasteiger partial charge in [0.1, 0.15) is 0 Å². The van der Waals surface area contributed by atoms with Crippen molar-refractivity contribution in [2.24, 2.45) is 11.7 Å². The number of carbonyl (C=O) groups excluding carboxylic acids is 1. The van der Waals surface area contributed by atoms with E-state index in [0.717, 1.165) is 17.8 Å². The summed E-state index contributed by atoms with van der Waals surface area (Å²) in [5.41, 5.74) is 7.45. The summed E-state index contributed by atoms with van der Waals surface area (Å²) < 4.78 is 0. The zero-order valence-corrected chi connectivity index (χ0v) is 10.8. The van der Waals surface area contributed by atoms with Crippen molar-refractivity contribution in [3.05, 3.63) is 29.6 Å². The summed E-state index contributed by atoms with van der Waals surface area (Å²) in [6, 6.07) is 5.83. The summed E-state index contributed by atoms with van der Waals surface area (Å²) in [6.07, 6.45) is 0.779. The second kappa shape index (κ2) is 6.35. The molecule has 0 fully saturated rings. The van der Waals surface area contributed by atoms with Gasteiger partial charge in [-0.3, -0.25) is 9.78 Å². The van der Waals surface area contributed by atoms with Crippen LogP contribution in [0.25, 0.3) is 0 Å². The van der Waals surface area contributed by atoms with Crippen LogP contribution in [-0.2, 0) is 11.3 Å². The highest BCUT2D eigenvalue weighted by molar-refractivity contribution is 5.78. The monoisotopic (exact) mass is 235 g/mol. The number of rotatable bonds is 5. The van der Waals surface area contributed by atoms with E-state index in [0.29, 0.717) is 13.1 Å². The molecule has 17 heavy (non-hydrogen) atoms. The molecule has 1 heterocycles. The lowest BCUT2D eigenvalue weighted by atomic mass is 10.1. The van der Waals surface area contributed by atoms with Crippen LogP contribution in [0.2, 0.25) is 0 Å². The molecule has 0 spiro atoms. The maximum atomic E-state index is 12.0. The SMILES string of the molecule is CCC(CN)C(=O)N(C)Cc1cccc(C)n1. The van der Waals surface area contributed by atoms with Gasteiger partial charge in [0.15, 0.2) is 0 Å². The third-order valence-corrected chi connectivity index (χ3v) is 2.85. The van der Waals surface area contributed by atoms with Crippen molar-refractivity contribution in [1.82, 2.24) is 9.88 Å². The van der Waals surface area contributed by atoms with E-state index in [1.807, 2.05) is 32.0 Å². The average Bonchev–Trinajstić information content (AvgIpc) is 2.30. The lowest BCUT2D eigenvalue weighted by Crippen LogP contribution is -2.36. The third-order valence-electron chi connectivity index (χ3n) is 2.85. The second-order valence-corrected chi connectivity index (χ2v) is 4.31. The fourth-order valence-corrected chi connectivity index (χ4v) is 1.76. The van der Waals surface area contributed by atoms with Crippen LogP contribution in [-0.4, -0.2) is 29.4 Å². The first-order chi connectivity index (χ1) is 8.08. The quantitative estimate of drug-likeness (QED) is 0.837. The predicted molar refractivity (Wildman–Crippen MR) is 68.3 cm³/mol. The molecular weight excluding hydrogens is 214 g/mol. The molecule has 1 unspecified atom stereocenters. The smallest absolute Gasteiger partial charge is 0.227 e. The van der Waals surface area contributed by atoms with Gasteiger partial charge in [0.2, 0.25) is 5.91 Å². The van der Waals surface area contributed by atoms with E-state index in [2.05, 4.69) is 4.98 Å². The molecule has 4 heteroatoms. The van der Waals surface area contributed by atoms with Gasteiger partial charge < -0.3 is 10.6 Å². The van der Waals surface area contributed by atoms with Crippen LogP contribution < -0.4 is 5.73 Å². The lowest BCUT2D eigenvalue weighted by Gasteiger charge is -2.21. The highest BCUT2D eigenvalue weighted by atomic mass is 16.2. The lowest BCUT2D eigenvalue weighted by molar-refractivity contribution is -0.134. The molecule has 0 aromatic carbocycles. The van der Waals surface area contributed by atoms with Crippen molar-refractivity contribution < 1.29 is 4.79 Å². The largest absolute Gasteiger partial charge is 0.340 e. The highest BCUT2D eigenvalue weighted by Crippen LogP contribution is 2.08. The Hall–Kier alpha value is -1.42. The molecule has 1 aromatic rings. The highest BCUT2D eigenvalue weighted by Gasteiger charge is 2.19. The minimum absolute atomic E-state index is 0.0789. The van der Waals surface area contributed by atoms with Crippen molar-refractivity contribution in [3.8, 4) is 0 Å². The van der Waals surface area contributed by atoms with E-state index < -0.39 is 0 Å². The Balaban J connectivity index is 2.65. The summed E-state index contributed by atoms with van der Waals surface area (Å²) in [5.74, 6) is 0.0168. The Morgan fingerprint density at radius 2 is 2.24 bits per heavy atom. The molecule has 0 saturated heterocycles. The van der Waals surface area contributed by atoms with Gasteiger partial charge in [-0.15, -0.1) is 0 Å². The topological polar surface area (TPSA) is 59.2 Å². The third kappa shape index (κ3) is 3.82. The molecule has 0 bridgehead atoms. The van der Waals surface area contributed by atoms with Gasteiger partial charge in [-0.25, -0.2) is 0 Å². The summed E-state index contributed by atoms with van der Waals surface area (Å²) >= 11 is 0. The number of nitrogens with two attached hydrogens (primary N) is 1. The molecule has 94 valence electrons. The van der Waals surface area contributed by atoms with E-state index in [4.69, 9.17) is 5.73 Å². The van der Waals surface area contributed by atoms with E-state index in [1.54, 1.807) is 11.9 Å². The first-order valence-electron chi connectivity index (χ1n) is 5.96. The van der Waals surface area contributed by atoms with Crippen molar-refractivity contribution in [2.75, 3.05) is 13.6 Å². The predicted octanol–water partition coefficient (Wildman–Crippen LogP) is 1.33. The molecule has 4 nitrogen and oxygen atoms in total. The van der Waals surface area contributed by atoms with Gasteiger partial charge in [-0.05, 0) is 25.5 Å². The molecule has 0 saturated carbocycles. The van der Waals surface area contributed by atoms with E-state index in [9.17, 15) is 4.79 Å². The Labute approximate surface area is 103 Å². The van der Waals surface area contributed by atoms with Crippen molar-refractivity contribution in [3.63, 3.8) is 0 Å². The minimum atomic E-state index is -0.0789. The molecule has 0 aliphatic heterocycles. The molecule has 1 rings (SSSR count). The number of aromatic nitrogens is 1. The molecule has 1 amide bonds. The molecule has 0 aliphatic rings. The van der Waals surface area contributed by atoms with Gasteiger partial charge in [-0.2, -0.15) is 0 Å².